The SMILES string of the molecule is CC(NC(=O)c1ncccc1Br)(C(=O)O)c1ccccc1. The van der Waals surface area contributed by atoms with Crippen LogP contribution in [-0.2, 0) is 10.3 Å². The zero-order valence-corrected chi connectivity index (χ0v) is 12.8. The van der Waals surface area contributed by atoms with E-state index >= 15 is 0 Å². The molecule has 0 aliphatic rings. The molecule has 2 N–H and O–H groups in total. The summed E-state index contributed by atoms with van der Waals surface area (Å²) in [4.78, 5) is 27.9. The van der Waals surface area contributed by atoms with Crippen molar-refractivity contribution >= 4 is 27.8 Å². The first-order valence-electron chi connectivity index (χ1n) is 6.17. The Labute approximate surface area is 130 Å². The van der Waals surface area contributed by atoms with Gasteiger partial charge in [-0.2, -0.15) is 0 Å². The molecule has 2 rings (SSSR count). The third kappa shape index (κ3) is 3.11. The highest BCUT2D eigenvalue weighted by atomic mass is 79.9. The lowest BCUT2D eigenvalue weighted by Gasteiger charge is -2.26. The maximum atomic E-state index is 12.3. The molecule has 0 saturated heterocycles. The number of nitrogens with zero attached hydrogens (tertiary/aromatic N) is 1. The number of pyridine rings is 1. The second kappa shape index (κ2) is 6.05. The zero-order chi connectivity index (χ0) is 15.5. The van der Waals surface area contributed by atoms with E-state index in [4.69, 9.17) is 0 Å². The minimum absolute atomic E-state index is 0.140. The maximum Gasteiger partial charge on any atom is 0.333 e. The first-order valence-corrected chi connectivity index (χ1v) is 6.96. The van der Waals surface area contributed by atoms with E-state index in [0.717, 1.165) is 0 Å². The summed E-state index contributed by atoms with van der Waals surface area (Å²) in [6.45, 7) is 1.44. The van der Waals surface area contributed by atoms with E-state index in [-0.39, 0.29) is 5.69 Å². The lowest BCUT2D eigenvalue weighted by molar-refractivity contribution is -0.144. The van der Waals surface area contributed by atoms with Gasteiger partial charge in [-0.05, 0) is 40.5 Å². The molecule has 0 aliphatic carbocycles. The average Bonchev–Trinajstić information content (AvgIpc) is 2.48. The Balaban J connectivity index is 2.36. The molecule has 0 fully saturated rings. The molecule has 0 radical (unpaired) electrons. The lowest BCUT2D eigenvalue weighted by Crippen LogP contribution is -2.49. The van der Waals surface area contributed by atoms with Gasteiger partial charge in [0.1, 0.15) is 5.69 Å². The minimum Gasteiger partial charge on any atom is -0.479 e. The van der Waals surface area contributed by atoms with Crippen molar-refractivity contribution in [3.8, 4) is 0 Å². The van der Waals surface area contributed by atoms with Gasteiger partial charge >= 0.3 is 5.97 Å². The van der Waals surface area contributed by atoms with E-state index in [2.05, 4.69) is 26.2 Å². The number of carbonyl (C=O) groups excluding carboxylic acids is 1. The molecule has 1 unspecified atom stereocenters. The first-order chi connectivity index (χ1) is 9.95. The molecule has 2 aromatic rings. The van der Waals surface area contributed by atoms with Crippen molar-refractivity contribution in [2.75, 3.05) is 0 Å². The Bertz CT molecular complexity index is 676. The molecular formula is C15H13BrN2O3. The third-order valence-electron chi connectivity index (χ3n) is 3.12. The molecular weight excluding hydrogens is 336 g/mol. The highest BCUT2D eigenvalue weighted by molar-refractivity contribution is 9.10. The summed E-state index contributed by atoms with van der Waals surface area (Å²) in [6, 6.07) is 11.9. The monoisotopic (exact) mass is 348 g/mol. The molecule has 0 saturated carbocycles. The molecule has 5 nitrogen and oxygen atoms in total. The topological polar surface area (TPSA) is 79.3 Å². The molecule has 0 aliphatic heterocycles. The van der Waals surface area contributed by atoms with Crippen LogP contribution in [0, 0.1) is 0 Å². The van der Waals surface area contributed by atoms with E-state index in [0.29, 0.717) is 10.0 Å². The highest BCUT2D eigenvalue weighted by Gasteiger charge is 2.37. The highest BCUT2D eigenvalue weighted by Crippen LogP contribution is 2.22. The summed E-state index contributed by atoms with van der Waals surface area (Å²) in [5, 5.41) is 12.0. The number of carbonyl (C=O) groups is 2. The van der Waals surface area contributed by atoms with Crippen molar-refractivity contribution < 1.29 is 14.7 Å². The normalized spacial score (nSPS) is 13.2. The van der Waals surface area contributed by atoms with Crippen molar-refractivity contribution in [1.29, 1.82) is 0 Å². The summed E-state index contributed by atoms with van der Waals surface area (Å²) in [6.07, 6.45) is 1.47. The van der Waals surface area contributed by atoms with E-state index in [1.165, 1.54) is 13.1 Å². The van der Waals surface area contributed by atoms with Crippen LogP contribution < -0.4 is 5.32 Å². The number of benzene rings is 1. The Morgan fingerprint density at radius 3 is 2.43 bits per heavy atom. The molecule has 1 aromatic heterocycles. The number of hydrogen-bond acceptors (Lipinski definition) is 3. The number of carboxylic acid groups (broad SMARTS) is 1. The predicted octanol–water partition coefficient (Wildman–Crippen LogP) is 2.57. The van der Waals surface area contributed by atoms with Gasteiger partial charge in [-0.3, -0.25) is 4.79 Å². The molecule has 0 spiro atoms. The summed E-state index contributed by atoms with van der Waals surface area (Å²) in [7, 11) is 0. The molecule has 6 heteroatoms. The number of hydrogen-bond donors (Lipinski definition) is 2. The minimum atomic E-state index is -1.53. The lowest BCUT2D eigenvalue weighted by atomic mass is 9.92. The quantitative estimate of drug-likeness (QED) is 0.889. The van der Waals surface area contributed by atoms with Crippen LogP contribution in [0.25, 0.3) is 0 Å². The van der Waals surface area contributed by atoms with Crippen molar-refractivity contribution in [1.82, 2.24) is 10.3 Å². The summed E-state index contributed by atoms with van der Waals surface area (Å²) in [5.74, 6) is -1.70. The van der Waals surface area contributed by atoms with Crippen LogP contribution in [-0.4, -0.2) is 22.0 Å². The zero-order valence-electron chi connectivity index (χ0n) is 11.2. The number of nitrogens with one attached hydrogen (secondary N) is 1. The van der Waals surface area contributed by atoms with Gasteiger partial charge in [-0.25, -0.2) is 9.78 Å². The predicted molar refractivity (Wildman–Crippen MR) is 80.8 cm³/mol. The van der Waals surface area contributed by atoms with Crippen molar-refractivity contribution in [3.63, 3.8) is 0 Å². The van der Waals surface area contributed by atoms with Crippen LogP contribution in [0.3, 0.4) is 0 Å². The van der Waals surface area contributed by atoms with Gasteiger partial charge in [0.05, 0.1) is 0 Å². The van der Waals surface area contributed by atoms with Gasteiger partial charge in [-0.15, -0.1) is 0 Å². The molecule has 108 valence electrons. The van der Waals surface area contributed by atoms with Crippen LogP contribution in [0.1, 0.15) is 23.0 Å². The summed E-state index contributed by atoms with van der Waals surface area (Å²) in [5.41, 5.74) is -0.909. The smallest absolute Gasteiger partial charge is 0.333 e. The summed E-state index contributed by atoms with van der Waals surface area (Å²) < 4.78 is 0.503. The van der Waals surface area contributed by atoms with E-state index in [1.54, 1.807) is 42.5 Å². The Hall–Kier alpha value is -2.21. The number of carboxylic acids is 1. The molecule has 1 amide bonds. The second-order valence-electron chi connectivity index (χ2n) is 4.58. The van der Waals surface area contributed by atoms with Crippen LogP contribution in [0.5, 0.6) is 0 Å². The number of rotatable bonds is 4. The fourth-order valence-electron chi connectivity index (χ4n) is 1.86. The largest absolute Gasteiger partial charge is 0.479 e. The third-order valence-corrected chi connectivity index (χ3v) is 3.76. The summed E-state index contributed by atoms with van der Waals surface area (Å²) >= 11 is 3.23. The van der Waals surface area contributed by atoms with Gasteiger partial charge < -0.3 is 10.4 Å². The van der Waals surface area contributed by atoms with Gasteiger partial charge in [0.15, 0.2) is 5.54 Å². The molecule has 1 atom stereocenters. The van der Waals surface area contributed by atoms with Crippen LogP contribution in [0.2, 0.25) is 0 Å². The van der Waals surface area contributed by atoms with Crippen LogP contribution in [0.15, 0.2) is 53.1 Å². The van der Waals surface area contributed by atoms with E-state index in [9.17, 15) is 14.7 Å². The number of aliphatic carboxylic acids is 1. The van der Waals surface area contributed by atoms with Gasteiger partial charge in [0.2, 0.25) is 0 Å². The van der Waals surface area contributed by atoms with Crippen molar-refractivity contribution in [3.05, 3.63) is 64.4 Å². The second-order valence-corrected chi connectivity index (χ2v) is 5.44. The average molecular weight is 349 g/mol. The molecule has 1 aromatic carbocycles. The standard InChI is InChI=1S/C15H13BrN2O3/c1-15(14(20)21,10-6-3-2-4-7-10)18-13(19)12-11(16)8-5-9-17-12/h2-9H,1H3,(H,18,19)(H,20,21). The van der Waals surface area contributed by atoms with Crippen LogP contribution >= 0.6 is 15.9 Å². The number of halogens is 1. The Morgan fingerprint density at radius 2 is 1.86 bits per heavy atom. The molecule has 21 heavy (non-hydrogen) atoms. The molecule has 0 bridgehead atoms. The Morgan fingerprint density at radius 1 is 1.19 bits per heavy atom. The fourth-order valence-corrected chi connectivity index (χ4v) is 2.29. The fraction of sp³-hybridized carbons (Fsp3) is 0.133. The molecule has 1 heterocycles. The van der Waals surface area contributed by atoms with Crippen LogP contribution in [0.4, 0.5) is 0 Å². The Kier molecular flexibility index (Phi) is 4.37. The number of amides is 1. The number of aromatic nitrogens is 1. The maximum absolute atomic E-state index is 12.3. The first kappa shape index (κ1) is 15.2. The van der Waals surface area contributed by atoms with E-state index in [1.807, 2.05) is 0 Å². The van der Waals surface area contributed by atoms with Gasteiger partial charge in [-0.1, -0.05) is 30.3 Å². The van der Waals surface area contributed by atoms with E-state index < -0.39 is 17.4 Å². The van der Waals surface area contributed by atoms with Gasteiger partial charge in [0, 0.05) is 10.7 Å². The van der Waals surface area contributed by atoms with Crippen molar-refractivity contribution in [2.24, 2.45) is 0 Å². The van der Waals surface area contributed by atoms with Gasteiger partial charge in [0.25, 0.3) is 5.91 Å². The van der Waals surface area contributed by atoms with Crippen molar-refractivity contribution in [2.45, 2.75) is 12.5 Å².